The van der Waals surface area contributed by atoms with E-state index < -0.39 is 6.09 Å². The van der Waals surface area contributed by atoms with Crippen LogP contribution in [0, 0.1) is 6.92 Å². The minimum absolute atomic E-state index is 0.377. The minimum atomic E-state index is -1.09. The van der Waals surface area contributed by atoms with E-state index in [4.69, 9.17) is 5.11 Å². The molecule has 0 aromatic carbocycles. The third-order valence-corrected chi connectivity index (χ3v) is 1.81. The summed E-state index contributed by atoms with van der Waals surface area (Å²) in [6.07, 6.45) is -0.178. The van der Waals surface area contributed by atoms with Gasteiger partial charge in [0, 0.05) is 5.69 Å². The summed E-state index contributed by atoms with van der Waals surface area (Å²) < 4.78 is 0. The van der Waals surface area contributed by atoms with Crippen LogP contribution >= 0.6 is 0 Å². The molecule has 0 aliphatic heterocycles. The third kappa shape index (κ3) is 2.43. The smallest absolute Gasteiger partial charge is 0.410 e. The molecule has 1 heterocycles. The first kappa shape index (κ1) is 9.51. The molecule has 0 unspecified atom stereocenters. The molecule has 1 aromatic heterocycles. The molecule has 13 heavy (non-hydrogen) atoms. The highest BCUT2D eigenvalue weighted by atomic mass is 16.4. The molecular weight excluding hydrogens is 168 g/mol. The number of carboxylic acid groups (broad SMARTS) is 1. The fraction of sp³-hybridized carbons (Fsp3) is 0.333. The molecule has 0 bridgehead atoms. The second kappa shape index (κ2) is 3.89. The SMILES string of the molecule is CCc1ccc(NC(=O)O)nc1C. The van der Waals surface area contributed by atoms with Crippen LogP contribution in [0.1, 0.15) is 18.2 Å². The Bertz CT molecular complexity index is 323. The van der Waals surface area contributed by atoms with Crippen LogP contribution in [0.15, 0.2) is 12.1 Å². The summed E-state index contributed by atoms with van der Waals surface area (Å²) in [5.74, 6) is 0.377. The van der Waals surface area contributed by atoms with Gasteiger partial charge in [0.15, 0.2) is 0 Å². The normalized spacial score (nSPS) is 9.69. The average molecular weight is 180 g/mol. The molecule has 0 radical (unpaired) electrons. The van der Waals surface area contributed by atoms with E-state index in [2.05, 4.69) is 10.3 Å². The molecule has 0 saturated carbocycles. The topological polar surface area (TPSA) is 62.2 Å². The predicted molar refractivity (Wildman–Crippen MR) is 50.0 cm³/mol. The van der Waals surface area contributed by atoms with Crippen LogP contribution in [-0.4, -0.2) is 16.2 Å². The van der Waals surface area contributed by atoms with E-state index in [0.29, 0.717) is 5.82 Å². The Kier molecular flexibility index (Phi) is 2.84. The van der Waals surface area contributed by atoms with Crippen molar-refractivity contribution in [2.24, 2.45) is 0 Å². The first-order valence-corrected chi connectivity index (χ1v) is 4.10. The molecule has 0 saturated heterocycles. The molecular formula is C9H12N2O2. The van der Waals surface area contributed by atoms with Gasteiger partial charge < -0.3 is 5.11 Å². The first-order valence-electron chi connectivity index (χ1n) is 4.10. The van der Waals surface area contributed by atoms with Crippen molar-refractivity contribution in [3.63, 3.8) is 0 Å². The summed E-state index contributed by atoms with van der Waals surface area (Å²) >= 11 is 0. The molecule has 1 aromatic rings. The zero-order chi connectivity index (χ0) is 9.84. The Balaban J connectivity index is 2.89. The van der Waals surface area contributed by atoms with Gasteiger partial charge in [-0.05, 0) is 25.0 Å². The van der Waals surface area contributed by atoms with Gasteiger partial charge in [-0.15, -0.1) is 0 Å². The van der Waals surface area contributed by atoms with Gasteiger partial charge in [0.25, 0.3) is 0 Å². The van der Waals surface area contributed by atoms with Crippen LogP contribution in [0.5, 0.6) is 0 Å². The van der Waals surface area contributed by atoms with Gasteiger partial charge in [0.1, 0.15) is 5.82 Å². The van der Waals surface area contributed by atoms with E-state index in [9.17, 15) is 4.79 Å². The summed E-state index contributed by atoms with van der Waals surface area (Å²) in [5.41, 5.74) is 2.00. The zero-order valence-corrected chi connectivity index (χ0v) is 7.66. The van der Waals surface area contributed by atoms with Crippen LogP contribution in [0.2, 0.25) is 0 Å². The van der Waals surface area contributed by atoms with E-state index in [1.165, 1.54) is 0 Å². The molecule has 4 nitrogen and oxygen atoms in total. The summed E-state index contributed by atoms with van der Waals surface area (Å²) in [6.45, 7) is 3.90. The lowest BCUT2D eigenvalue weighted by Gasteiger charge is -2.04. The summed E-state index contributed by atoms with van der Waals surface area (Å²) in [5, 5.41) is 10.6. The molecule has 1 rings (SSSR count). The lowest BCUT2D eigenvalue weighted by molar-refractivity contribution is 0.209. The number of hydrogen-bond donors (Lipinski definition) is 2. The molecule has 0 atom stereocenters. The highest BCUT2D eigenvalue weighted by Gasteiger charge is 2.01. The van der Waals surface area contributed by atoms with E-state index in [0.717, 1.165) is 17.7 Å². The van der Waals surface area contributed by atoms with Gasteiger partial charge in [-0.3, -0.25) is 5.32 Å². The third-order valence-electron chi connectivity index (χ3n) is 1.81. The minimum Gasteiger partial charge on any atom is -0.465 e. The highest BCUT2D eigenvalue weighted by Crippen LogP contribution is 2.10. The Morgan fingerprint density at radius 2 is 2.31 bits per heavy atom. The average Bonchev–Trinajstić information content (AvgIpc) is 2.03. The van der Waals surface area contributed by atoms with Gasteiger partial charge in [0.2, 0.25) is 0 Å². The number of nitrogens with zero attached hydrogens (tertiary/aromatic N) is 1. The summed E-state index contributed by atoms with van der Waals surface area (Å²) in [4.78, 5) is 14.4. The van der Waals surface area contributed by atoms with E-state index in [1.54, 1.807) is 6.07 Å². The number of hydrogen-bond acceptors (Lipinski definition) is 2. The van der Waals surface area contributed by atoms with Crippen LogP contribution < -0.4 is 5.32 Å². The van der Waals surface area contributed by atoms with E-state index in [1.807, 2.05) is 19.9 Å². The Labute approximate surface area is 76.6 Å². The number of nitrogens with one attached hydrogen (secondary N) is 1. The lowest BCUT2D eigenvalue weighted by atomic mass is 10.1. The number of carbonyl (C=O) groups is 1. The van der Waals surface area contributed by atoms with Gasteiger partial charge in [0.05, 0.1) is 0 Å². The van der Waals surface area contributed by atoms with Gasteiger partial charge >= 0.3 is 6.09 Å². The standard InChI is InChI=1S/C9H12N2O2/c1-3-7-4-5-8(10-6(7)2)11-9(12)13/h4-5H,3H2,1-2H3,(H,10,11)(H,12,13). The Morgan fingerprint density at radius 3 is 2.77 bits per heavy atom. The Morgan fingerprint density at radius 1 is 1.62 bits per heavy atom. The maximum absolute atomic E-state index is 10.3. The zero-order valence-electron chi connectivity index (χ0n) is 7.66. The largest absolute Gasteiger partial charge is 0.465 e. The van der Waals surface area contributed by atoms with Gasteiger partial charge in [-0.1, -0.05) is 13.0 Å². The fourth-order valence-electron chi connectivity index (χ4n) is 1.14. The number of amides is 1. The van der Waals surface area contributed by atoms with Crippen LogP contribution in [0.4, 0.5) is 10.6 Å². The predicted octanol–water partition coefficient (Wildman–Crippen LogP) is 2.04. The lowest BCUT2D eigenvalue weighted by Crippen LogP contribution is -2.09. The van der Waals surface area contributed by atoms with Crippen molar-refractivity contribution in [1.29, 1.82) is 0 Å². The van der Waals surface area contributed by atoms with Crippen molar-refractivity contribution in [2.45, 2.75) is 20.3 Å². The number of rotatable bonds is 2. The summed E-state index contributed by atoms with van der Waals surface area (Å²) in [7, 11) is 0. The van der Waals surface area contributed by atoms with Crippen molar-refractivity contribution in [1.82, 2.24) is 4.98 Å². The quantitative estimate of drug-likeness (QED) is 0.732. The number of aryl methyl sites for hydroxylation is 2. The van der Waals surface area contributed by atoms with Crippen molar-refractivity contribution in [2.75, 3.05) is 5.32 Å². The van der Waals surface area contributed by atoms with E-state index >= 15 is 0 Å². The van der Waals surface area contributed by atoms with Gasteiger partial charge in [-0.25, -0.2) is 9.78 Å². The molecule has 4 heteroatoms. The van der Waals surface area contributed by atoms with Gasteiger partial charge in [-0.2, -0.15) is 0 Å². The second-order valence-corrected chi connectivity index (χ2v) is 2.72. The molecule has 0 aliphatic carbocycles. The van der Waals surface area contributed by atoms with Crippen LogP contribution in [-0.2, 0) is 6.42 Å². The Hall–Kier alpha value is -1.58. The van der Waals surface area contributed by atoms with Crippen molar-refractivity contribution < 1.29 is 9.90 Å². The summed E-state index contributed by atoms with van der Waals surface area (Å²) in [6, 6.07) is 3.55. The molecule has 0 aliphatic rings. The molecule has 70 valence electrons. The molecule has 2 N–H and O–H groups in total. The number of aromatic nitrogens is 1. The van der Waals surface area contributed by atoms with Crippen molar-refractivity contribution in [3.05, 3.63) is 23.4 Å². The van der Waals surface area contributed by atoms with Crippen molar-refractivity contribution in [3.8, 4) is 0 Å². The second-order valence-electron chi connectivity index (χ2n) is 2.72. The first-order chi connectivity index (χ1) is 6.13. The molecule has 0 spiro atoms. The maximum Gasteiger partial charge on any atom is 0.410 e. The van der Waals surface area contributed by atoms with Crippen LogP contribution in [0.25, 0.3) is 0 Å². The monoisotopic (exact) mass is 180 g/mol. The highest BCUT2D eigenvalue weighted by molar-refractivity contribution is 5.81. The number of pyridine rings is 1. The van der Waals surface area contributed by atoms with E-state index in [-0.39, 0.29) is 0 Å². The fourth-order valence-corrected chi connectivity index (χ4v) is 1.14. The van der Waals surface area contributed by atoms with Crippen LogP contribution in [0.3, 0.4) is 0 Å². The molecule has 1 amide bonds. The van der Waals surface area contributed by atoms with Crippen molar-refractivity contribution >= 4 is 11.9 Å². The number of anilines is 1. The molecule has 0 fully saturated rings. The maximum atomic E-state index is 10.3.